The molecule has 0 amide bonds. The number of ether oxygens (including phenoxy) is 1. The predicted octanol–water partition coefficient (Wildman–Crippen LogP) is 3.81. The third-order valence-corrected chi connectivity index (χ3v) is 3.56. The number of benzene rings is 2. The van der Waals surface area contributed by atoms with E-state index in [0.717, 1.165) is 22.7 Å². The standard InChI is InChI=1S/C19H18N2O2/c1-23-19-10-4-15(5-11-19)13-20-14-17-3-2-12-21(17)16-6-8-18(22)9-7-16/h2-12,14,22H,13H2,1H3. The summed E-state index contributed by atoms with van der Waals surface area (Å²) in [6, 6.07) is 19.0. The highest BCUT2D eigenvalue weighted by molar-refractivity contribution is 5.78. The maximum Gasteiger partial charge on any atom is 0.118 e. The lowest BCUT2D eigenvalue weighted by atomic mass is 10.2. The molecule has 0 aliphatic carbocycles. The number of aromatic hydroxyl groups is 1. The van der Waals surface area contributed by atoms with Crippen LogP contribution in [0.3, 0.4) is 0 Å². The Bertz CT molecular complexity index is 787. The Morgan fingerprint density at radius 1 is 1.04 bits per heavy atom. The first-order valence-corrected chi connectivity index (χ1v) is 7.36. The zero-order valence-electron chi connectivity index (χ0n) is 12.9. The molecule has 0 saturated carbocycles. The van der Waals surface area contributed by atoms with Crippen LogP contribution in [0.4, 0.5) is 0 Å². The van der Waals surface area contributed by atoms with Gasteiger partial charge in [0.05, 0.1) is 19.3 Å². The van der Waals surface area contributed by atoms with Crippen LogP contribution in [-0.4, -0.2) is 23.0 Å². The molecule has 23 heavy (non-hydrogen) atoms. The Morgan fingerprint density at radius 2 is 1.78 bits per heavy atom. The van der Waals surface area contributed by atoms with Gasteiger partial charge in [0.25, 0.3) is 0 Å². The summed E-state index contributed by atoms with van der Waals surface area (Å²) in [4.78, 5) is 4.51. The summed E-state index contributed by atoms with van der Waals surface area (Å²) in [5, 5.41) is 9.38. The van der Waals surface area contributed by atoms with Gasteiger partial charge in [0.15, 0.2) is 0 Å². The highest BCUT2D eigenvalue weighted by Gasteiger charge is 2.01. The summed E-state index contributed by atoms with van der Waals surface area (Å²) in [5.74, 6) is 1.11. The number of rotatable bonds is 5. The fourth-order valence-electron chi connectivity index (χ4n) is 2.32. The highest BCUT2D eigenvalue weighted by Crippen LogP contribution is 2.16. The van der Waals surface area contributed by atoms with Crippen molar-refractivity contribution in [3.8, 4) is 17.2 Å². The molecule has 3 aromatic rings. The molecule has 0 saturated heterocycles. The molecule has 0 bridgehead atoms. The highest BCUT2D eigenvalue weighted by atomic mass is 16.5. The van der Waals surface area contributed by atoms with Gasteiger partial charge < -0.3 is 14.4 Å². The molecule has 0 spiro atoms. The van der Waals surface area contributed by atoms with Crippen LogP contribution in [0.15, 0.2) is 71.9 Å². The normalized spacial score (nSPS) is 11.0. The second-order valence-corrected chi connectivity index (χ2v) is 5.14. The van der Waals surface area contributed by atoms with E-state index >= 15 is 0 Å². The van der Waals surface area contributed by atoms with E-state index < -0.39 is 0 Å². The Balaban J connectivity index is 1.73. The van der Waals surface area contributed by atoms with Gasteiger partial charge in [0.1, 0.15) is 11.5 Å². The van der Waals surface area contributed by atoms with Crippen molar-refractivity contribution in [3.63, 3.8) is 0 Å². The van der Waals surface area contributed by atoms with Crippen molar-refractivity contribution >= 4 is 6.21 Å². The molecule has 0 atom stereocenters. The lowest BCUT2D eigenvalue weighted by molar-refractivity contribution is 0.414. The fourth-order valence-corrected chi connectivity index (χ4v) is 2.32. The number of aliphatic imine (C=N–C) groups is 1. The first-order valence-electron chi connectivity index (χ1n) is 7.36. The Labute approximate surface area is 135 Å². The van der Waals surface area contributed by atoms with Gasteiger partial charge >= 0.3 is 0 Å². The van der Waals surface area contributed by atoms with Crippen molar-refractivity contribution in [1.82, 2.24) is 4.57 Å². The number of phenols is 1. The van der Waals surface area contributed by atoms with Gasteiger partial charge in [-0.3, -0.25) is 4.99 Å². The van der Waals surface area contributed by atoms with Gasteiger partial charge in [-0.2, -0.15) is 0 Å². The Kier molecular flexibility index (Phi) is 4.43. The molecule has 0 fully saturated rings. The molecule has 1 N–H and O–H groups in total. The van der Waals surface area contributed by atoms with Gasteiger partial charge in [-0.25, -0.2) is 0 Å². The van der Waals surface area contributed by atoms with Crippen LogP contribution in [0.2, 0.25) is 0 Å². The van der Waals surface area contributed by atoms with E-state index in [1.165, 1.54) is 0 Å². The number of phenolic OH excluding ortho intramolecular Hbond substituents is 1. The molecule has 1 aromatic heterocycles. The second kappa shape index (κ2) is 6.83. The number of methoxy groups -OCH3 is 1. The summed E-state index contributed by atoms with van der Waals surface area (Å²) in [7, 11) is 1.66. The van der Waals surface area contributed by atoms with E-state index in [2.05, 4.69) is 4.99 Å². The van der Waals surface area contributed by atoms with Crippen LogP contribution in [0, 0.1) is 0 Å². The molecule has 0 radical (unpaired) electrons. The fraction of sp³-hybridized carbons (Fsp3) is 0.105. The van der Waals surface area contributed by atoms with Crippen molar-refractivity contribution in [3.05, 3.63) is 78.1 Å². The zero-order valence-corrected chi connectivity index (χ0v) is 12.9. The van der Waals surface area contributed by atoms with Crippen molar-refractivity contribution < 1.29 is 9.84 Å². The average Bonchev–Trinajstić information content (AvgIpc) is 3.05. The van der Waals surface area contributed by atoms with E-state index in [9.17, 15) is 5.11 Å². The lowest BCUT2D eigenvalue weighted by Gasteiger charge is -2.06. The van der Waals surface area contributed by atoms with Crippen LogP contribution in [0.1, 0.15) is 11.3 Å². The molecule has 4 heteroatoms. The molecule has 1 heterocycles. The van der Waals surface area contributed by atoms with Crippen molar-refractivity contribution in [2.45, 2.75) is 6.54 Å². The number of aromatic nitrogens is 1. The molecular formula is C19H18N2O2. The third kappa shape index (κ3) is 3.61. The molecule has 3 rings (SSSR count). The van der Waals surface area contributed by atoms with Crippen LogP contribution in [0.25, 0.3) is 5.69 Å². The maximum absolute atomic E-state index is 9.38. The minimum absolute atomic E-state index is 0.260. The summed E-state index contributed by atoms with van der Waals surface area (Å²) in [6.45, 7) is 0.616. The summed E-state index contributed by atoms with van der Waals surface area (Å²) in [6.07, 6.45) is 3.83. The van der Waals surface area contributed by atoms with Gasteiger partial charge in [-0.05, 0) is 54.1 Å². The first-order chi connectivity index (χ1) is 11.3. The van der Waals surface area contributed by atoms with Crippen LogP contribution >= 0.6 is 0 Å². The quantitative estimate of drug-likeness (QED) is 0.729. The minimum Gasteiger partial charge on any atom is -0.508 e. The lowest BCUT2D eigenvalue weighted by Crippen LogP contribution is -1.97. The largest absolute Gasteiger partial charge is 0.508 e. The Hall–Kier alpha value is -3.01. The summed E-state index contributed by atoms with van der Waals surface area (Å²) >= 11 is 0. The van der Waals surface area contributed by atoms with E-state index in [4.69, 9.17) is 4.74 Å². The predicted molar refractivity (Wildman–Crippen MR) is 91.7 cm³/mol. The monoisotopic (exact) mass is 306 g/mol. The summed E-state index contributed by atoms with van der Waals surface area (Å²) < 4.78 is 7.17. The molecule has 116 valence electrons. The SMILES string of the molecule is COc1ccc(CN=Cc2cccn2-c2ccc(O)cc2)cc1. The Morgan fingerprint density at radius 3 is 2.48 bits per heavy atom. The molecule has 0 aliphatic rings. The van der Waals surface area contributed by atoms with Crippen LogP contribution < -0.4 is 4.74 Å². The zero-order chi connectivity index (χ0) is 16.1. The van der Waals surface area contributed by atoms with Gasteiger partial charge in [0.2, 0.25) is 0 Å². The minimum atomic E-state index is 0.260. The van der Waals surface area contributed by atoms with E-state index in [1.807, 2.05) is 65.5 Å². The second-order valence-electron chi connectivity index (χ2n) is 5.14. The van der Waals surface area contributed by atoms with E-state index in [0.29, 0.717) is 6.54 Å². The molecular weight excluding hydrogens is 288 g/mol. The number of hydrogen-bond donors (Lipinski definition) is 1. The topological polar surface area (TPSA) is 46.8 Å². The smallest absolute Gasteiger partial charge is 0.118 e. The van der Waals surface area contributed by atoms with Crippen LogP contribution in [-0.2, 0) is 6.54 Å². The van der Waals surface area contributed by atoms with Crippen molar-refractivity contribution in [1.29, 1.82) is 0 Å². The maximum atomic E-state index is 9.38. The van der Waals surface area contributed by atoms with Gasteiger partial charge in [-0.15, -0.1) is 0 Å². The van der Waals surface area contributed by atoms with Crippen LogP contribution in [0.5, 0.6) is 11.5 Å². The van der Waals surface area contributed by atoms with Crippen molar-refractivity contribution in [2.24, 2.45) is 4.99 Å². The molecule has 2 aromatic carbocycles. The van der Waals surface area contributed by atoms with Gasteiger partial charge in [0, 0.05) is 18.1 Å². The van der Waals surface area contributed by atoms with E-state index in [1.54, 1.807) is 19.2 Å². The molecule has 0 aliphatic heterocycles. The average molecular weight is 306 g/mol. The first kappa shape index (κ1) is 14.9. The van der Waals surface area contributed by atoms with Crippen molar-refractivity contribution in [2.75, 3.05) is 7.11 Å². The third-order valence-electron chi connectivity index (χ3n) is 3.56. The van der Waals surface area contributed by atoms with E-state index in [-0.39, 0.29) is 5.75 Å². The van der Waals surface area contributed by atoms with Gasteiger partial charge in [-0.1, -0.05) is 12.1 Å². The number of hydrogen-bond acceptors (Lipinski definition) is 3. The molecule has 4 nitrogen and oxygen atoms in total. The number of nitrogens with zero attached hydrogens (tertiary/aromatic N) is 2. The summed E-state index contributed by atoms with van der Waals surface area (Å²) in [5.41, 5.74) is 3.10. The molecule has 0 unspecified atom stereocenters.